The Hall–Kier alpha value is -2.12. The molecule has 0 aromatic heterocycles. The van der Waals surface area contributed by atoms with Crippen molar-refractivity contribution >= 4 is 24.7 Å². The Kier molecular flexibility index (Phi) is 2.78. The summed E-state index contributed by atoms with van der Waals surface area (Å²) in [5, 5.41) is 4.55. The first-order chi connectivity index (χ1) is 9.95. The maximum atomic E-state index is 2.36. The zero-order valence-corrected chi connectivity index (χ0v) is 12.2. The lowest BCUT2D eigenvalue weighted by molar-refractivity contribution is 1.40. The van der Waals surface area contributed by atoms with Crippen LogP contribution in [0.15, 0.2) is 84.1 Å². The predicted octanol–water partition coefficient (Wildman–Crippen LogP) is 3.12. The molecular weight excluding hydrogens is 256 g/mol. The lowest BCUT2D eigenvalue weighted by Gasteiger charge is -2.12. The Morgan fingerprint density at radius 3 is 2.40 bits per heavy atom. The van der Waals surface area contributed by atoms with Gasteiger partial charge in [-0.2, -0.15) is 0 Å². The molecule has 2 aromatic carbocycles. The summed E-state index contributed by atoms with van der Waals surface area (Å²) >= 11 is 0. The van der Waals surface area contributed by atoms with Crippen molar-refractivity contribution in [2.75, 3.05) is 0 Å². The van der Waals surface area contributed by atoms with E-state index in [0.29, 0.717) is 0 Å². The molecule has 20 heavy (non-hydrogen) atoms. The van der Waals surface area contributed by atoms with Gasteiger partial charge in [0.2, 0.25) is 0 Å². The second-order valence-corrected chi connectivity index (χ2v) is 7.56. The van der Waals surface area contributed by atoms with Crippen molar-refractivity contribution in [3.8, 4) is 0 Å². The molecule has 0 saturated carbocycles. The highest BCUT2D eigenvalue weighted by Gasteiger charge is 2.31. The lowest BCUT2D eigenvalue weighted by atomic mass is 10.1. The molecular formula is C19H15Si. The fraction of sp³-hybridized carbons (Fsp3) is 0.0526. The van der Waals surface area contributed by atoms with Gasteiger partial charge in [0.25, 0.3) is 0 Å². The van der Waals surface area contributed by atoms with Crippen LogP contribution in [0.25, 0.3) is 5.57 Å². The lowest BCUT2D eigenvalue weighted by Crippen LogP contribution is -2.41. The largest absolute Gasteiger partial charge is 0.156 e. The molecule has 0 fully saturated rings. The first-order valence-electron chi connectivity index (χ1n) is 7.05. The van der Waals surface area contributed by atoms with E-state index >= 15 is 0 Å². The molecule has 2 aromatic rings. The molecule has 0 spiro atoms. The fourth-order valence-electron chi connectivity index (χ4n) is 3.08. The molecule has 1 aliphatic heterocycles. The summed E-state index contributed by atoms with van der Waals surface area (Å²) in [6.45, 7) is 0. The maximum absolute atomic E-state index is 2.36. The van der Waals surface area contributed by atoms with Gasteiger partial charge in [0.05, 0.1) is 0 Å². The number of benzene rings is 2. The summed E-state index contributed by atoms with van der Waals surface area (Å²) in [7, 11) is -0.826. The number of allylic oxidation sites excluding steroid dienone is 6. The van der Waals surface area contributed by atoms with Crippen molar-refractivity contribution in [3.05, 3.63) is 89.7 Å². The minimum Gasteiger partial charge on any atom is -0.0808 e. The Morgan fingerprint density at radius 1 is 0.750 bits per heavy atom. The van der Waals surface area contributed by atoms with Gasteiger partial charge in [-0.05, 0) is 27.9 Å². The molecule has 1 radical (unpaired) electrons. The molecule has 0 amide bonds. The normalized spacial score (nSPS) is 17.0. The summed E-state index contributed by atoms with van der Waals surface area (Å²) in [6.07, 6.45) is 10.3. The SMILES string of the molecule is C1=CC2=C(C=CC1)[Si](c1ccccc1)c1ccccc12. The monoisotopic (exact) mass is 271 g/mol. The Bertz CT molecular complexity index is 735. The van der Waals surface area contributed by atoms with E-state index in [-0.39, 0.29) is 0 Å². The highest BCUT2D eigenvalue weighted by molar-refractivity contribution is 6.94. The van der Waals surface area contributed by atoms with Gasteiger partial charge in [-0.3, -0.25) is 0 Å². The van der Waals surface area contributed by atoms with Gasteiger partial charge in [0.15, 0.2) is 8.80 Å². The zero-order chi connectivity index (χ0) is 13.4. The van der Waals surface area contributed by atoms with Crippen LogP contribution < -0.4 is 10.4 Å². The van der Waals surface area contributed by atoms with Crippen molar-refractivity contribution in [3.63, 3.8) is 0 Å². The third-order valence-electron chi connectivity index (χ3n) is 3.95. The number of hydrogen-bond donors (Lipinski definition) is 0. The van der Waals surface area contributed by atoms with E-state index in [4.69, 9.17) is 0 Å². The summed E-state index contributed by atoms with van der Waals surface area (Å²) in [5.41, 5.74) is 2.87. The molecule has 1 heteroatoms. The molecule has 95 valence electrons. The summed E-state index contributed by atoms with van der Waals surface area (Å²) < 4.78 is 0. The molecule has 2 aliphatic rings. The molecule has 1 heterocycles. The van der Waals surface area contributed by atoms with Crippen LogP contribution in [-0.4, -0.2) is 8.80 Å². The van der Waals surface area contributed by atoms with Crippen molar-refractivity contribution in [2.24, 2.45) is 0 Å². The smallest absolute Gasteiger partial charge is 0.0808 e. The van der Waals surface area contributed by atoms with E-state index in [2.05, 4.69) is 78.9 Å². The van der Waals surface area contributed by atoms with Gasteiger partial charge in [-0.25, -0.2) is 0 Å². The van der Waals surface area contributed by atoms with Gasteiger partial charge < -0.3 is 0 Å². The van der Waals surface area contributed by atoms with Crippen molar-refractivity contribution in [1.29, 1.82) is 0 Å². The molecule has 0 nitrogen and oxygen atoms in total. The minimum atomic E-state index is -0.826. The van der Waals surface area contributed by atoms with Crippen LogP contribution in [-0.2, 0) is 0 Å². The predicted molar refractivity (Wildman–Crippen MR) is 87.7 cm³/mol. The zero-order valence-electron chi connectivity index (χ0n) is 11.2. The van der Waals surface area contributed by atoms with Crippen LogP contribution in [0.4, 0.5) is 0 Å². The van der Waals surface area contributed by atoms with E-state index in [1.165, 1.54) is 26.7 Å². The second kappa shape index (κ2) is 4.77. The highest BCUT2D eigenvalue weighted by Crippen LogP contribution is 2.30. The van der Waals surface area contributed by atoms with Crippen LogP contribution in [0, 0.1) is 0 Å². The third kappa shape index (κ3) is 1.74. The fourth-order valence-corrected chi connectivity index (χ4v) is 6.04. The first kappa shape index (κ1) is 11.7. The summed E-state index contributed by atoms with van der Waals surface area (Å²) in [4.78, 5) is 0. The molecule has 0 atom stereocenters. The van der Waals surface area contributed by atoms with Crippen LogP contribution >= 0.6 is 0 Å². The Balaban J connectivity index is 1.98. The van der Waals surface area contributed by atoms with Crippen LogP contribution in [0.5, 0.6) is 0 Å². The van der Waals surface area contributed by atoms with E-state index in [9.17, 15) is 0 Å². The molecule has 0 N–H and O–H groups in total. The van der Waals surface area contributed by atoms with E-state index in [0.717, 1.165) is 6.42 Å². The van der Waals surface area contributed by atoms with Gasteiger partial charge in [0, 0.05) is 0 Å². The molecule has 0 unspecified atom stereocenters. The summed E-state index contributed by atoms with van der Waals surface area (Å²) in [6, 6.07) is 19.9. The molecule has 1 aliphatic carbocycles. The molecule has 0 saturated heterocycles. The van der Waals surface area contributed by atoms with Crippen LogP contribution in [0.3, 0.4) is 0 Å². The number of hydrogen-bond acceptors (Lipinski definition) is 0. The Labute approximate surface area is 121 Å². The van der Waals surface area contributed by atoms with Crippen molar-refractivity contribution in [2.45, 2.75) is 6.42 Å². The average molecular weight is 271 g/mol. The van der Waals surface area contributed by atoms with E-state index < -0.39 is 8.80 Å². The van der Waals surface area contributed by atoms with Gasteiger partial charge in [0.1, 0.15) is 0 Å². The number of rotatable bonds is 1. The number of fused-ring (bicyclic) bond motifs is 2. The third-order valence-corrected chi connectivity index (χ3v) is 6.81. The second-order valence-electron chi connectivity index (χ2n) is 5.15. The first-order valence-corrected chi connectivity index (χ1v) is 8.55. The van der Waals surface area contributed by atoms with Gasteiger partial charge >= 0.3 is 0 Å². The van der Waals surface area contributed by atoms with Crippen molar-refractivity contribution < 1.29 is 0 Å². The van der Waals surface area contributed by atoms with Crippen LogP contribution in [0.2, 0.25) is 0 Å². The van der Waals surface area contributed by atoms with Crippen LogP contribution in [0.1, 0.15) is 12.0 Å². The van der Waals surface area contributed by atoms with E-state index in [1.807, 2.05) is 0 Å². The quantitative estimate of drug-likeness (QED) is 0.699. The van der Waals surface area contributed by atoms with E-state index in [1.54, 1.807) is 0 Å². The van der Waals surface area contributed by atoms with Gasteiger partial charge in [-0.15, -0.1) is 0 Å². The molecule has 0 bridgehead atoms. The summed E-state index contributed by atoms with van der Waals surface area (Å²) in [5.74, 6) is 0. The average Bonchev–Trinajstić information content (AvgIpc) is 2.65. The topological polar surface area (TPSA) is 0 Å². The minimum absolute atomic E-state index is 0.826. The standard InChI is InChI=1S/C19H15Si/c1-3-9-15(10-4-1)20-18-13-6-2-5-11-16(18)17-12-7-8-14-19(17)20/h1,3-14H,2H2. The highest BCUT2D eigenvalue weighted by atomic mass is 28.3. The molecule has 4 rings (SSSR count). The van der Waals surface area contributed by atoms with Crippen molar-refractivity contribution in [1.82, 2.24) is 0 Å². The van der Waals surface area contributed by atoms with Gasteiger partial charge in [-0.1, -0.05) is 84.1 Å². The maximum Gasteiger partial charge on any atom is 0.156 e. The Morgan fingerprint density at radius 2 is 1.50 bits per heavy atom.